The van der Waals surface area contributed by atoms with Gasteiger partial charge in [-0.15, -0.1) is 0 Å². The molecule has 0 N–H and O–H groups in total. The number of carbonyl (C=O) groups is 1. The van der Waals surface area contributed by atoms with Crippen molar-refractivity contribution in [3.05, 3.63) is 86.2 Å². The number of fused-ring (bicyclic) bond motifs is 3. The van der Waals surface area contributed by atoms with Crippen molar-refractivity contribution in [3.63, 3.8) is 0 Å². The average Bonchev–Trinajstić information content (AvgIpc) is 3.34. The molecule has 0 amide bonds. The summed E-state index contributed by atoms with van der Waals surface area (Å²) in [4.78, 5) is 42.5. The third-order valence-corrected chi connectivity index (χ3v) is 5.95. The van der Waals surface area contributed by atoms with Gasteiger partial charge in [-0.05, 0) is 31.5 Å². The van der Waals surface area contributed by atoms with E-state index in [0.29, 0.717) is 10.8 Å². The number of aryl methyl sites for hydroxylation is 2. The van der Waals surface area contributed by atoms with Crippen LogP contribution in [0.25, 0.3) is 33.9 Å². The molecule has 0 radical (unpaired) electrons. The normalized spacial score (nSPS) is 11.5. The van der Waals surface area contributed by atoms with E-state index in [0.717, 1.165) is 27.1 Å². The molecule has 5 aromatic rings. The number of carbonyl (C=O) groups excluding carboxylic acids is 1. The fourth-order valence-electron chi connectivity index (χ4n) is 4.13. The van der Waals surface area contributed by atoms with Crippen LogP contribution in [-0.4, -0.2) is 28.9 Å². The molecule has 0 saturated heterocycles. The first-order chi connectivity index (χ1) is 15.8. The van der Waals surface area contributed by atoms with Gasteiger partial charge in [-0.1, -0.05) is 48.0 Å². The van der Waals surface area contributed by atoms with E-state index in [-0.39, 0.29) is 23.5 Å². The van der Waals surface area contributed by atoms with E-state index < -0.39 is 11.2 Å². The summed E-state index contributed by atoms with van der Waals surface area (Å²) in [6.07, 6.45) is 1.82. The second-order valence-corrected chi connectivity index (χ2v) is 8.47. The molecule has 2 aromatic carbocycles. The summed E-state index contributed by atoms with van der Waals surface area (Å²) in [6.45, 7) is 3.01. The molecule has 0 aliphatic rings. The van der Waals surface area contributed by atoms with E-state index in [1.54, 1.807) is 11.4 Å². The zero-order valence-electron chi connectivity index (χ0n) is 18.2. The SMILES string of the molecule is CC(=O)Cn1c(=O)c2c(nc3n(-c4cc(Cl)ccc4C)c(-c4ccccc4)cn23)n(C)c1=O. The lowest BCUT2D eigenvalue weighted by Crippen LogP contribution is -2.40. The van der Waals surface area contributed by atoms with Gasteiger partial charge in [-0.25, -0.2) is 4.79 Å². The molecule has 0 bridgehead atoms. The Morgan fingerprint density at radius 3 is 2.52 bits per heavy atom. The lowest BCUT2D eigenvalue weighted by molar-refractivity contribution is -0.117. The molecule has 0 aliphatic carbocycles. The van der Waals surface area contributed by atoms with Gasteiger partial charge in [0.1, 0.15) is 5.78 Å². The van der Waals surface area contributed by atoms with Gasteiger partial charge in [0.15, 0.2) is 11.2 Å². The third-order valence-electron chi connectivity index (χ3n) is 5.71. The first kappa shape index (κ1) is 21.0. The second kappa shape index (κ2) is 7.60. The highest BCUT2D eigenvalue weighted by atomic mass is 35.5. The number of ketones is 1. The summed E-state index contributed by atoms with van der Waals surface area (Å²) in [5, 5.41) is 0.564. The van der Waals surface area contributed by atoms with Crippen LogP contribution in [0, 0.1) is 6.92 Å². The highest BCUT2D eigenvalue weighted by Crippen LogP contribution is 2.31. The largest absolute Gasteiger partial charge is 0.332 e. The molecule has 0 aliphatic heterocycles. The minimum atomic E-state index is -0.586. The summed E-state index contributed by atoms with van der Waals surface area (Å²) in [7, 11) is 1.54. The number of Topliss-reactive ketones (excluding diaryl/α,β-unsaturated/α-hetero) is 1. The molecule has 3 aromatic heterocycles. The Hall–Kier alpha value is -3.91. The summed E-state index contributed by atoms with van der Waals surface area (Å²) in [6, 6.07) is 15.3. The molecule has 33 heavy (non-hydrogen) atoms. The lowest BCUT2D eigenvalue weighted by atomic mass is 10.1. The van der Waals surface area contributed by atoms with Crippen LogP contribution in [0.2, 0.25) is 5.02 Å². The number of rotatable bonds is 4. The quantitative estimate of drug-likeness (QED) is 0.411. The Morgan fingerprint density at radius 1 is 1.09 bits per heavy atom. The standard InChI is InChI=1S/C24H20ClN5O3/c1-14-9-10-17(25)11-18(14)30-19(16-7-5-4-6-8-16)13-28-20-21(26-23(28)30)27(3)24(33)29(22(20)32)12-15(2)31/h4-11,13H,12H2,1-3H3. The fraction of sp³-hybridized carbons (Fsp3) is 0.167. The van der Waals surface area contributed by atoms with E-state index in [1.165, 1.54) is 11.5 Å². The zero-order valence-corrected chi connectivity index (χ0v) is 19.0. The number of benzene rings is 2. The van der Waals surface area contributed by atoms with Crippen molar-refractivity contribution in [1.82, 2.24) is 23.1 Å². The molecule has 0 atom stereocenters. The monoisotopic (exact) mass is 461 g/mol. The van der Waals surface area contributed by atoms with E-state index in [2.05, 4.69) is 0 Å². The van der Waals surface area contributed by atoms with Crippen molar-refractivity contribution in [3.8, 4) is 16.9 Å². The minimum absolute atomic E-state index is 0.226. The van der Waals surface area contributed by atoms with Crippen molar-refractivity contribution in [2.75, 3.05) is 0 Å². The van der Waals surface area contributed by atoms with E-state index >= 15 is 0 Å². The molecule has 0 unspecified atom stereocenters. The summed E-state index contributed by atoms with van der Waals surface area (Å²) in [5.41, 5.74) is 2.82. The number of aromatic nitrogens is 5. The number of imidazole rings is 2. The van der Waals surface area contributed by atoms with Crippen molar-refractivity contribution in [2.24, 2.45) is 7.05 Å². The maximum Gasteiger partial charge on any atom is 0.332 e. The highest BCUT2D eigenvalue weighted by Gasteiger charge is 2.23. The maximum absolute atomic E-state index is 13.3. The first-order valence-corrected chi connectivity index (χ1v) is 10.7. The van der Waals surface area contributed by atoms with Gasteiger partial charge in [-0.2, -0.15) is 4.98 Å². The van der Waals surface area contributed by atoms with Crippen molar-refractivity contribution >= 4 is 34.3 Å². The van der Waals surface area contributed by atoms with E-state index in [4.69, 9.17) is 16.6 Å². The van der Waals surface area contributed by atoms with Crippen LogP contribution in [-0.2, 0) is 18.4 Å². The summed E-state index contributed by atoms with van der Waals surface area (Å²) in [5.74, 6) is 0.174. The van der Waals surface area contributed by atoms with Crippen LogP contribution in [0.1, 0.15) is 12.5 Å². The van der Waals surface area contributed by atoms with Gasteiger partial charge >= 0.3 is 5.69 Å². The molecular formula is C24H20ClN5O3. The highest BCUT2D eigenvalue weighted by molar-refractivity contribution is 6.30. The van der Waals surface area contributed by atoms with Gasteiger partial charge in [0, 0.05) is 23.8 Å². The molecule has 0 fully saturated rings. The van der Waals surface area contributed by atoms with Crippen LogP contribution in [0.4, 0.5) is 0 Å². The number of hydrogen-bond donors (Lipinski definition) is 0. The third kappa shape index (κ3) is 3.22. The molecule has 5 rings (SSSR count). The summed E-state index contributed by atoms with van der Waals surface area (Å²) >= 11 is 6.33. The zero-order chi connectivity index (χ0) is 23.4. The van der Waals surface area contributed by atoms with Crippen LogP contribution >= 0.6 is 11.6 Å². The second-order valence-electron chi connectivity index (χ2n) is 8.04. The predicted molar refractivity (Wildman–Crippen MR) is 127 cm³/mol. The Balaban J connectivity index is 1.97. The first-order valence-electron chi connectivity index (χ1n) is 10.3. The van der Waals surface area contributed by atoms with Gasteiger partial charge in [0.2, 0.25) is 5.78 Å². The van der Waals surface area contributed by atoms with Crippen molar-refractivity contribution < 1.29 is 4.79 Å². The van der Waals surface area contributed by atoms with Crippen LogP contribution < -0.4 is 11.2 Å². The summed E-state index contributed by atoms with van der Waals surface area (Å²) < 4.78 is 5.85. The predicted octanol–water partition coefficient (Wildman–Crippen LogP) is 3.36. The van der Waals surface area contributed by atoms with Gasteiger partial charge in [0.25, 0.3) is 5.56 Å². The van der Waals surface area contributed by atoms with Crippen LogP contribution in [0.3, 0.4) is 0 Å². The smallest absolute Gasteiger partial charge is 0.298 e. The molecule has 166 valence electrons. The van der Waals surface area contributed by atoms with Crippen molar-refractivity contribution in [1.29, 1.82) is 0 Å². The molecule has 9 heteroatoms. The molecule has 0 spiro atoms. The number of nitrogens with zero attached hydrogens (tertiary/aromatic N) is 5. The van der Waals surface area contributed by atoms with E-state index in [1.807, 2.05) is 66.2 Å². The molecular weight excluding hydrogens is 442 g/mol. The van der Waals surface area contributed by atoms with Crippen LogP contribution in [0.15, 0.2) is 64.3 Å². The lowest BCUT2D eigenvalue weighted by Gasteiger charge is -2.12. The Morgan fingerprint density at radius 2 is 1.82 bits per heavy atom. The van der Waals surface area contributed by atoms with Crippen molar-refractivity contribution in [2.45, 2.75) is 20.4 Å². The Kier molecular flexibility index (Phi) is 4.83. The Labute approximate surface area is 192 Å². The number of hydrogen-bond acceptors (Lipinski definition) is 4. The molecule has 0 saturated carbocycles. The van der Waals surface area contributed by atoms with Gasteiger partial charge in [-0.3, -0.25) is 27.7 Å². The fourth-order valence-corrected chi connectivity index (χ4v) is 4.30. The topological polar surface area (TPSA) is 83.3 Å². The minimum Gasteiger partial charge on any atom is -0.298 e. The molecule has 8 nitrogen and oxygen atoms in total. The Bertz CT molecular complexity index is 1690. The molecule has 3 heterocycles. The van der Waals surface area contributed by atoms with Gasteiger partial charge in [0.05, 0.1) is 17.9 Å². The maximum atomic E-state index is 13.3. The van der Waals surface area contributed by atoms with Gasteiger partial charge < -0.3 is 0 Å². The number of halogens is 1. The average molecular weight is 462 g/mol. The van der Waals surface area contributed by atoms with Crippen LogP contribution in [0.5, 0.6) is 0 Å². The van der Waals surface area contributed by atoms with E-state index in [9.17, 15) is 14.4 Å².